The first-order chi connectivity index (χ1) is 9.22. The highest BCUT2D eigenvalue weighted by Gasteiger charge is 2.42. The quantitative estimate of drug-likeness (QED) is 0.904. The number of benzene rings is 1. The third kappa shape index (κ3) is 2.49. The van der Waals surface area contributed by atoms with E-state index in [0.717, 1.165) is 57.6 Å². The molecule has 2 N–H and O–H groups in total. The lowest BCUT2D eigenvalue weighted by molar-refractivity contribution is 0.0537. The zero-order valence-corrected chi connectivity index (χ0v) is 11.8. The predicted molar refractivity (Wildman–Crippen MR) is 77.6 cm³/mol. The molecule has 3 heteroatoms. The number of nitrogens with zero attached hydrogens (tertiary/aromatic N) is 1. The van der Waals surface area contributed by atoms with Crippen molar-refractivity contribution in [2.45, 2.75) is 38.2 Å². The minimum atomic E-state index is 0.0632. The van der Waals surface area contributed by atoms with Crippen molar-refractivity contribution in [2.24, 2.45) is 5.73 Å². The van der Waals surface area contributed by atoms with Gasteiger partial charge in [0.2, 0.25) is 0 Å². The van der Waals surface area contributed by atoms with E-state index in [1.165, 1.54) is 11.1 Å². The summed E-state index contributed by atoms with van der Waals surface area (Å²) in [6, 6.07) is 6.49. The fourth-order valence-electron chi connectivity index (χ4n) is 3.41. The Morgan fingerprint density at radius 3 is 3.11 bits per heavy atom. The molecule has 0 aromatic heterocycles. The number of para-hydroxylation sites is 1. The maximum Gasteiger partial charge on any atom is 0.126 e. The van der Waals surface area contributed by atoms with Crippen molar-refractivity contribution in [1.29, 1.82) is 0 Å². The molecule has 1 unspecified atom stereocenters. The van der Waals surface area contributed by atoms with Crippen molar-refractivity contribution in [3.05, 3.63) is 29.3 Å². The van der Waals surface area contributed by atoms with Crippen molar-refractivity contribution in [3.8, 4) is 5.75 Å². The number of fused-ring (bicyclic) bond motifs is 1. The van der Waals surface area contributed by atoms with E-state index in [1.807, 2.05) is 0 Å². The van der Waals surface area contributed by atoms with E-state index in [9.17, 15) is 0 Å². The van der Waals surface area contributed by atoms with Gasteiger partial charge in [0.1, 0.15) is 11.4 Å². The molecule has 0 aliphatic carbocycles. The van der Waals surface area contributed by atoms with Crippen LogP contribution in [0.1, 0.15) is 30.4 Å². The molecule has 104 valence electrons. The van der Waals surface area contributed by atoms with Crippen LogP contribution in [0.4, 0.5) is 0 Å². The average Bonchev–Trinajstić information content (AvgIpc) is 2.81. The van der Waals surface area contributed by atoms with Crippen LogP contribution in [-0.2, 0) is 6.42 Å². The zero-order valence-electron chi connectivity index (χ0n) is 11.8. The molecular weight excluding hydrogens is 236 g/mol. The summed E-state index contributed by atoms with van der Waals surface area (Å²) in [6.45, 7) is 6.27. The molecule has 0 amide bonds. The molecule has 1 saturated heterocycles. The average molecular weight is 260 g/mol. The molecule has 2 heterocycles. The van der Waals surface area contributed by atoms with Gasteiger partial charge >= 0.3 is 0 Å². The highest BCUT2D eigenvalue weighted by atomic mass is 16.5. The minimum absolute atomic E-state index is 0.0632. The molecule has 2 aliphatic rings. The SMILES string of the molecule is Cc1cccc2c1OC1(CC2)CCN(CCCN)C1. The molecule has 19 heavy (non-hydrogen) atoms. The monoisotopic (exact) mass is 260 g/mol. The first-order valence-corrected chi connectivity index (χ1v) is 7.42. The lowest BCUT2D eigenvalue weighted by Gasteiger charge is -2.36. The molecule has 0 saturated carbocycles. The fourth-order valence-corrected chi connectivity index (χ4v) is 3.41. The van der Waals surface area contributed by atoms with Gasteiger partial charge in [0, 0.05) is 19.5 Å². The van der Waals surface area contributed by atoms with Crippen LogP contribution in [0, 0.1) is 6.92 Å². The van der Waals surface area contributed by atoms with Crippen LogP contribution in [0.15, 0.2) is 18.2 Å². The Bertz CT molecular complexity index is 460. The second-order valence-corrected chi connectivity index (χ2v) is 6.02. The largest absolute Gasteiger partial charge is 0.485 e. The van der Waals surface area contributed by atoms with Crippen LogP contribution >= 0.6 is 0 Å². The van der Waals surface area contributed by atoms with Crippen molar-refractivity contribution in [2.75, 3.05) is 26.2 Å². The lowest BCUT2D eigenvalue weighted by Crippen LogP contribution is -2.42. The molecule has 1 aromatic carbocycles. The summed E-state index contributed by atoms with van der Waals surface area (Å²) in [5.74, 6) is 1.15. The summed E-state index contributed by atoms with van der Waals surface area (Å²) in [7, 11) is 0. The minimum Gasteiger partial charge on any atom is -0.485 e. The Morgan fingerprint density at radius 2 is 2.26 bits per heavy atom. The van der Waals surface area contributed by atoms with E-state index in [-0.39, 0.29) is 5.60 Å². The second kappa shape index (κ2) is 5.14. The molecule has 3 nitrogen and oxygen atoms in total. The number of aryl methyl sites for hydroxylation is 2. The van der Waals surface area contributed by atoms with E-state index in [4.69, 9.17) is 10.5 Å². The molecule has 1 fully saturated rings. The summed E-state index contributed by atoms with van der Waals surface area (Å²) in [5, 5.41) is 0. The molecule has 0 radical (unpaired) electrons. The maximum absolute atomic E-state index is 6.45. The smallest absolute Gasteiger partial charge is 0.126 e. The topological polar surface area (TPSA) is 38.5 Å². The van der Waals surface area contributed by atoms with Crippen LogP contribution in [0.2, 0.25) is 0 Å². The highest BCUT2D eigenvalue weighted by Crippen LogP contribution is 2.40. The van der Waals surface area contributed by atoms with E-state index in [2.05, 4.69) is 30.0 Å². The molecule has 3 rings (SSSR count). The first kappa shape index (κ1) is 12.9. The Balaban J connectivity index is 1.73. The Morgan fingerprint density at radius 1 is 1.37 bits per heavy atom. The van der Waals surface area contributed by atoms with E-state index < -0.39 is 0 Å². The second-order valence-electron chi connectivity index (χ2n) is 6.02. The highest BCUT2D eigenvalue weighted by molar-refractivity contribution is 5.43. The van der Waals surface area contributed by atoms with Crippen LogP contribution < -0.4 is 10.5 Å². The molecular formula is C16H24N2O. The Labute approximate surface area is 115 Å². The number of hydrogen-bond donors (Lipinski definition) is 1. The standard InChI is InChI=1S/C16H24N2O/c1-13-4-2-5-14-6-7-16(19-15(13)14)8-11-18(12-16)10-3-9-17/h2,4-5H,3,6-12,17H2,1H3. The fraction of sp³-hybridized carbons (Fsp3) is 0.625. The van der Waals surface area contributed by atoms with Gasteiger partial charge < -0.3 is 10.5 Å². The number of likely N-dealkylation sites (tertiary alicyclic amines) is 1. The van der Waals surface area contributed by atoms with Crippen LogP contribution in [0.3, 0.4) is 0 Å². The van der Waals surface area contributed by atoms with Crippen molar-refractivity contribution >= 4 is 0 Å². The van der Waals surface area contributed by atoms with Crippen molar-refractivity contribution in [1.82, 2.24) is 4.90 Å². The maximum atomic E-state index is 6.45. The van der Waals surface area contributed by atoms with Crippen LogP contribution in [-0.4, -0.2) is 36.7 Å². The third-order valence-electron chi connectivity index (χ3n) is 4.54. The third-order valence-corrected chi connectivity index (χ3v) is 4.54. The number of nitrogens with two attached hydrogens (primary N) is 1. The van der Waals surface area contributed by atoms with Gasteiger partial charge in [-0.05, 0) is 50.4 Å². The normalized spacial score (nSPS) is 26.4. The lowest BCUT2D eigenvalue weighted by atomic mass is 9.89. The molecule has 1 spiro atoms. The number of hydrogen-bond acceptors (Lipinski definition) is 3. The van der Waals surface area contributed by atoms with Crippen LogP contribution in [0.25, 0.3) is 0 Å². The van der Waals surface area contributed by atoms with Crippen molar-refractivity contribution < 1.29 is 4.74 Å². The zero-order chi connectivity index (χ0) is 13.3. The van der Waals surface area contributed by atoms with E-state index in [0.29, 0.717) is 0 Å². The van der Waals surface area contributed by atoms with E-state index in [1.54, 1.807) is 0 Å². The summed E-state index contributed by atoms with van der Waals surface area (Å²) in [6.07, 6.45) is 4.56. The Hall–Kier alpha value is -1.06. The van der Waals surface area contributed by atoms with Gasteiger partial charge in [-0.1, -0.05) is 18.2 Å². The molecule has 1 aromatic rings. The summed E-state index contributed by atoms with van der Waals surface area (Å²) < 4.78 is 6.45. The number of ether oxygens (including phenoxy) is 1. The van der Waals surface area contributed by atoms with Gasteiger partial charge in [0.25, 0.3) is 0 Å². The Kier molecular flexibility index (Phi) is 3.50. The summed E-state index contributed by atoms with van der Waals surface area (Å²) >= 11 is 0. The van der Waals surface area contributed by atoms with Gasteiger partial charge in [0.15, 0.2) is 0 Å². The van der Waals surface area contributed by atoms with Gasteiger partial charge in [-0.2, -0.15) is 0 Å². The summed E-state index contributed by atoms with van der Waals surface area (Å²) in [4.78, 5) is 2.51. The van der Waals surface area contributed by atoms with Gasteiger partial charge in [-0.15, -0.1) is 0 Å². The van der Waals surface area contributed by atoms with Gasteiger partial charge in [-0.25, -0.2) is 0 Å². The van der Waals surface area contributed by atoms with Gasteiger partial charge in [0.05, 0.1) is 0 Å². The summed E-state index contributed by atoms with van der Waals surface area (Å²) in [5.41, 5.74) is 8.32. The predicted octanol–water partition coefficient (Wildman–Crippen LogP) is 2.11. The van der Waals surface area contributed by atoms with Crippen LogP contribution in [0.5, 0.6) is 5.75 Å². The molecule has 0 bridgehead atoms. The van der Waals surface area contributed by atoms with Gasteiger partial charge in [-0.3, -0.25) is 4.90 Å². The van der Waals surface area contributed by atoms with Crippen molar-refractivity contribution in [3.63, 3.8) is 0 Å². The van der Waals surface area contributed by atoms with E-state index >= 15 is 0 Å². The molecule has 2 aliphatic heterocycles. The molecule has 1 atom stereocenters. The number of rotatable bonds is 3. The first-order valence-electron chi connectivity index (χ1n) is 7.42.